The Hall–Kier alpha value is -2.13. The van der Waals surface area contributed by atoms with Crippen molar-refractivity contribution in [3.63, 3.8) is 0 Å². The molecule has 0 saturated heterocycles. The summed E-state index contributed by atoms with van der Waals surface area (Å²) < 4.78 is 45.8. The van der Waals surface area contributed by atoms with Crippen LogP contribution in [0, 0.1) is 0 Å². The molecule has 2 N–H and O–H groups in total. The van der Waals surface area contributed by atoms with Crippen molar-refractivity contribution in [1.82, 2.24) is 5.32 Å². The van der Waals surface area contributed by atoms with E-state index in [9.17, 15) is 22.8 Å². The van der Waals surface area contributed by atoms with E-state index in [1.165, 1.54) is 31.4 Å². The molecule has 0 fully saturated rings. The van der Waals surface area contributed by atoms with Gasteiger partial charge in [0.15, 0.2) is 0 Å². The fourth-order valence-corrected chi connectivity index (χ4v) is 1.49. The van der Waals surface area contributed by atoms with Gasteiger partial charge in [-0.05, 0) is 24.3 Å². The number of carbonyl (C=O) groups is 2. The molecule has 0 aliphatic carbocycles. The topological polar surface area (TPSA) is 76.7 Å². The highest BCUT2D eigenvalue weighted by Crippen LogP contribution is 2.13. The second kappa shape index (κ2) is 9.11. The average molecular weight is 334 g/mol. The Labute approximate surface area is 130 Å². The lowest BCUT2D eigenvalue weighted by molar-refractivity contribution is -0.123. The molecule has 1 aromatic carbocycles. The summed E-state index contributed by atoms with van der Waals surface area (Å²) in [6, 6.07) is 5.45. The van der Waals surface area contributed by atoms with E-state index >= 15 is 0 Å². The quantitative estimate of drug-likeness (QED) is 0.708. The minimum atomic E-state index is -4.47. The molecule has 1 rings (SSSR count). The van der Waals surface area contributed by atoms with E-state index in [4.69, 9.17) is 9.47 Å². The van der Waals surface area contributed by atoms with Crippen LogP contribution in [0.1, 0.15) is 10.4 Å². The van der Waals surface area contributed by atoms with Crippen LogP contribution in [0.25, 0.3) is 0 Å². The zero-order chi connectivity index (χ0) is 17.3. The normalized spacial score (nSPS) is 11.1. The largest absolute Gasteiger partial charge is 0.405 e. The van der Waals surface area contributed by atoms with Gasteiger partial charge in [-0.1, -0.05) is 0 Å². The van der Waals surface area contributed by atoms with E-state index < -0.39 is 24.5 Å². The van der Waals surface area contributed by atoms with Crippen molar-refractivity contribution in [2.24, 2.45) is 0 Å². The predicted octanol–water partition coefficient (Wildman–Crippen LogP) is 1.58. The maximum atomic E-state index is 12.0. The molecule has 0 aliphatic rings. The lowest BCUT2D eigenvalue weighted by Gasteiger charge is -2.09. The number of rotatable bonds is 8. The molecule has 6 nitrogen and oxygen atoms in total. The number of anilines is 1. The van der Waals surface area contributed by atoms with E-state index in [0.29, 0.717) is 12.3 Å². The summed E-state index contributed by atoms with van der Waals surface area (Å²) >= 11 is 0. The zero-order valence-corrected chi connectivity index (χ0v) is 12.4. The lowest BCUT2D eigenvalue weighted by Crippen LogP contribution is -2.33. The standard InChI is InChI=1S/C14H17F3N2O4/c1-22-6-7-23-8-12(20)19-11-4-2-10(3-5-11)13(21)18-9-14(15,16)17/h2-5H,6-9H2,1H3,(H,18,21)(H,19,20). The highest BCUT2D eigenvalue weighted by molar-refractivity contribution is 5.96. The molecule has 0 unspecified atom stereocenters. The van der Waals surface area contributed by atoms with Crippen molar-refractivity contribution in [3.05, 3.63) is 29.8 Å². The van der Waals surface area contributed by atoms with Crippen molar-refractivity contribution in [2.75, 3.05) is 38.8 Å². The summed E-state index contributed by atoms with van der Waals surface area (Å²) in [6.45, 7) is -0.905. The highest BCUT2D eigenvalue weighted by atomic mass is 19.4. The first-order valence-corrected chi connectivity index (χ1v) is 6.63. The third-order valence-corrected chi connectivity index (χ3v) is 2.55. The Balaban J connectivity index is 2.43. The number of halogens is 3. The average Bonchev–Trinajstić information content (AvgIpc) is 2.49. The molecule has 23 heavy (non-hydrogen) atoms. The molecule has 0 aromatic heterocycles. The number of hydrogen-bond acceptors (Lipinski definition) is 4. The summed E-state index contributed by atoms with van der Waals surface area (Å²) in [5, 5.41) is 4.28. The van der Waals surface area contributed by atoms with Gasteiger partial charge in [0.05, 0.1) is 13.2 Å². The molecule has 2 amide bonds. The lowest BCUT2D eigenvalue weighted by atomic mass is 10.2. The fourth-order valence-electron chi connectivity index (χ4n) is 1.49. The van der Waals surface area contributed by atoms with Crippen molar-refractivity contribution < 1.29 is 32.2 Å². The highest BCUT2D eigenvalue weighted by Gasteiger charge is 2.27. The first kappa shape index (κ1) is 18.9. The third-order valence-electron chi connectivity index (χ3n) is 2.55. The van der Waals surface area contributed by atoms with Crippen LogP contribution in [0.15, 0.2) is 24.3 Å². The Morgan fingerprint density at radius 2 is 1.78 bits per heavy atom. The van der Waals surface area contributed by atoms with Crippen molar-refractivity contribution in [1.29, 1.82) is 0 Å². The van der Waals surface area contributed by atoms with Crippen LogP contribution in [0.2, 0.25) is 0 Å². The Bertz CT molecular complexity index is 518. The third kappa shape index (κ3) is 8.17. The van der Waals surface area contributed by atoms with Crippen molar-refractivity contribution >= 4 is 17.5 Å². The Morgan fingerprint density at radius 1 is 1.13 bits per heavy atom. The van der Waals surface area contributed by atoms with E-state index in [2.05, 4.69) is 5.32 Å². The minimum absolute atomic E-state index is 0.0589. The molecule has 0 bridgehead atoms. The molecule has 128 valence electrons. The first-order valence-electron chi connectivity index (χ1n) is 6.63. The van der Waals surface area contributed by atoms with Crippen LogP contribution < -0.4 is 10.6 Å². The Kier molecular flexibility index (Phi) is 7.49. The molecular weight excluding hydrogens is 317 g/mol. The molecule has 0 spiro atoms. The summed E-state index contributed by atoms with van der Waals surface area (Å²) in [4.78, 5) is 23.0. The van der Waals surface area contributed by atoms with Gasteiger partial charge in [-0.15, -0.1) is 0 Å². The maximum absolute atomic E-state index is 12.0. The number of ether oxygens (including phenoxy) is 2. The van der Waals surface area contributed by atoms with Crippen LogP contribution in [0.4, 0.5) is 18.9 Å². The molecule has 0 saturated carbocycles. The van der Waals surface area contributed by atoms with E-state index in [-0.39, 0.29) is 18.8 Å². The van der Waals surface area contributed by atoms with Crippen LogP contribution in [0.3, 0.4) is 0 Å². The van der Waals surface area contributed by atoms with Gasteiger partial charge in [0.2, 0.25) is 5.91 Å². The van der Waals surface area contributed by atoms with Crippen molar-refractivity contribution in [3.8, 4) is 0 Å². The number of amides is 2. The van der Waals surface area contributed by atoms with Gasteiger partial charge in [0.1, 0.15) is 13.2 Å². The summed E-state index contributed by atoms with van der Waals surface area (Å²) in [7, 11) is 1.51. The molecule has 1 aromatic rings. The molecule has 0 atom stereocenters. The van der Waals surface area contributed by atoms with Crippen LogP contribution in [-0.4, -0.2) is 51.5 Å². The number of hydrogen-bond donors (Lipinski definition) is 2. The molecule has 9 heteroatoms. The molecule has 0 radical (unpaired) electrons. The molecular formula is C14H17F3N2O4. The van der Waals surface area contributed by atoms with Crippen molar-refractivity contribution in [2.45, 2.75) is 6.18 Å². The van der Waals surface area contributed by atoms with Crippen LogP contribution in [-0.2, 0) is 14.3 Å². The van der Waals surface area contributed by atoms with Gasteiger partial charge in [0, 0.05) is 18.4 Å². The molecule has 0 heterocycles. The Morgan fingerprint density at radius 3 is 2.35 bits per heavy atom. The number of alkyl halides is 3. The predicted molar refractivity (Wildman–Crippen MR) is 76.2 cm³/mol. The summed E-state index contributed by atoms with van der Waals surface area (Å²) in [5.74, 6) is -1.24. The smallest absolute Gasteiger partial charge is 0.382 e. The van der Waals surface area contributed by atoms with Crippen LogP contribution >= 0.6 is 0 Å². The zero-order valence-electron chi connectivity index (χ0n) is 12.4. The monoisotopic (exact) mass is 334 g/mol. The summed E-state index contributed by atoms with van der Waals surface area (Å²) in [5.41, 5.74) is 0.460. The van der Waals surface area contributed by atoms with E-state index in [1.807, 2.05) is 0 Å². The van der Waals surface area contributed by atoms with E-state index in [1.54, 1.807) is 5.32 Å². The van der Waals surface area contributed by atoms with E-state index in [0.717, 1.165) is 0 Å². The summed E-state index contributed by atoms with van der Waals surface area (Å²) in [6.07, 6.45) is -4.47. The maximum Gasteiger partial charge on any atom is 0.405 e. The second-order valence-corrected chi connectivity index (χ2v) is 4.47. The number of methoxy groups -OCH3 is 1. The number of nitrogens with one attached hydrogen (secondary N) is 2. The van der Waals surface area contributed by atoms with Gasteiger partial charge < -0.3 is 20.1 Å². The van der Waals surface area contributed by atoms with Crippen LogP contribution in [0.5, 0.6) is 0 Å². The van der Waals surface area contributed by atoms with Gasteiger partial charge in [-0.3, -0.25) is 9.59 Å². The molecule has 0 aliphatic heterocycles. The van der Waals surface area contributed by atoms with Gasteiger partial charge in [-0.2, -0.15) is 13.2 Å². The SMILES string of the molecule is COCCOCC(=O)Nc1ccc(C(=O)NCC(F)(F)F)cc1. The minimum Gasteiger partial charge on any atom is -0.382 e. The fraction of sp³-hybridized carbons (Fsp3) is 0.429. The van der Waals surface area contributed by atoms with Gasteiger partial charge in [-0.25, -0.2) is 0 Å². The number of carbonyl (C=O) groups excluding carboxylic acids is 2. The number of benzene rings is 1. The first-order chi connectivity index (χ1) is 10.8. The second-order valence-electron chi connectivity index (χ2n) is 4.47. The van der Waals surface area contributed by atoms with Gasteiger partial charge >= 0.3 is 6.18 Å². The van der Waals surface area contributed by atoms with Gasteiger partial charge in [0.25, 0.3) is 5.91 Å².